The molecule has 1 heterocycles. The molecule has 2 aromatic rings. The molecular formula is C16H21NO. The highest BCUT2D eigenvalue weighted by molar-refractivity contribution is 5.82. The summed E-state index contributed by atoms with van der Waals surface area (Å²) >= 11 is 0. The van der Waals surface area contributed by atoms with Gasteiger partial charge in [-0.3, -0.25) is 4.98 Å². The first kappa shape index (κ1) is 13.0. The largest absolute Gasteiger partial charge is 0.388 e. The Morgan fingerprint density at radius 3 is 2.67 bits per heavy atom. The quantitative estimate of drug-likeness (QED) is 0.857. The molecule has 96 valence electrons. The van der Waals surface area contributed by atoms with Gasteiger partial charge in [-0.1, -0.05) is 44.9 Å². The fraction of sp³-hybridized carbons (Fsp3) is 0.438. The summed E-state index contributed by atoms with van der Waals surface area (Å²) in [5.74, 6) is 0.700. The molecule has 0 saturated carbocycles. The molecule has 18 heavy (non-hydrogen) atoms. The summed E-state index contributed by atoms with van der Waals surface area (Å²) < 4.78 is 0. The summed E-state index contributed by atoms with van der Waals surface area (Å²) in [7, 11) is 0. The van der Waals surface area contributed by atoms with Crippen molar-refractivity contribution >= 4 is 10.9 Å². The van der Waals surface area contributed by atoms with Crippen molar-refractivity contribution in [1.82, 2.24) is 4.98 Å². The van der Waals surface area contributed by atoms with E-state index in [1.807, 2.05) is 30.3 Å². The van der Waals surface area contributed by atoms with Gasteiger partial charge in [-0.25, -0.2) is 0 Å². The molecule has 2 nitrogen and oxygen atoms in total. The van der Waals surface area contributed by atoms with Crippen molar-refractivity contribution in [2.75, 3.05) is 0 Å². The van der Waals surface area contributed by atoms with Crippen LogP contribution in [0.3, 0.4) is 0 Å². The van der Waals surface area contributed by atoms with Gasteiger partial charge in [0.15, 0.2) is 0 Å². The van der Waals surface area contributed by atoms with E-state index in [0.717, 1.165) is 29.3 Å². The van der Waals surface area contributed by atoms with E-state index in [2.05, 4.69) is 18.8 Å². The van der Waals surface area contributed by atoms with Crippen LogP contribution in [0.15, 0.2) is 36.5 Å². The smallest absolute Gasteiger partial charge is 0.0797 e. The molecular weight excluding hydrogens is 222 g/mol. The fourth-order valence-electron chi connectivity index (χ4n) is 2.28. The van der Waals surface area contributed by atoms with E-state index in [4.69, 9.17) is 0 Å². The van der Waals surface area contributed by atoms with Gasteiger partial charge in [0.1, 0.15) is 0 Å². The Morgan fingerprint density at radius 1 is 1.11 bits per heavy atom. The number of hydrogen-bond acceptors (Lipinski definition) is 2. The third kappa shape index (κ3) is 3.08. The van der Waals surface area contributed by atoms with E-state index in [9.17, 15) is 5.11 Å². The monoisotopic (exact) mass is 243 g/mol. The third-order valence-corrected chi connectivity index (χ3v) is 3.30. The number of para-hydroxylation sites is 1. The highest BCUT2D eigenvalue weighted by Gasteiger charge is 2.11. The van der Waals surface area contributed by atoms with Gasteiger partial charge in [-0.2, -0.15) is 0 Å². The molecule has 2 rings (SSSR count). The molecule has 0 spiro atoms. The predicted molar refractivity (Wildman–Crippen MR) is 75.4 cm³/mol. The maximum atomic E-state index is 10.3. The van der Waals surface area contributed by atoms with Gasteiger partial charge in [0.05, 0.1) is 11.6 Å². The van der Waals surface area contributed by atoms with Gasteiger partial charge in [0, 0.05) is 11.6 Å². The van der Waals surface area contributed by atoms with Crippen molar-refractivity contribution in [3.05, 3.63) is 42.1 Å². The zero-order valence-electron chi connectivity index (χ0n) is 11.1. The number of aliphatic hydroxyl groups is 1. The van der Waals surface area contributed by atoms with Gasteiger partial charge < -0.3 is 5.11 Å². The van der Waals surface area contributed by atoms with Crippen LogP contribution in [0, 0.1) is 5.92 Å². The first-order chi connectivity index (χ1) is 8.68. The van der Waals surface area contributed by atoms with Crippen molar-refractivity contribution in [2.24, 2.45) is 5.92 Å². The van der Waals surface area contributed by atoms with E-state index in [1.54, 1.807) is 6.20 Å². The molecule has 1 aromatic carbocycles. The molecule has 2 heteroatoms. The van der Waals surface area contributed by atoms with Crippen molar-refractivity contribution in [2.45, 2.75) is 39.2 Å². The number of hydrogen-bond donors (Lipinski definition) is 1. The summed E-state index contributed by atoms with van der Waals surface area (Å²) in [6.45, 7) is 4.43. The average Bonchev–Trinajstić information content (AvgIpc) is 2.37. The Bertz CT molecular complexity index is 502. The Labute approximate surface area is 109 Å². The number of nitrogens with zero attached hydrogens (tertiary/aromatic N) is 1. The number of benzene rings is 1. The molecule has 1 N–H and O–H groups in total. The minimum atomic E-state index is -0.378. The summed E-state index contributed by atoms with van der Waals surface area (Å²) in [5, 5.41) is 11.4. The van der Waals surface area contributed by atoms with E-state index in [0.29, 0.717) is 5.92 Å². The van der Waals surface area contributed by atoms with Gasteiger partial charge in [0.25, 0.3) is 0 Å². The number of rotatable bonds is 5. The van der Waals surface area contributed by atoms with E-state index in [-0.39, 0.29) is 6.10 Å². The summed E-state index contributed by atoms with van der Waals surface area (Å²) in [6, 6.07) is 9.92. The number of aromatic nitrogens is 1. The van der Waals surface area contributed by atoms with Gasteiger partial charge in [0.2, 0.25) is 0 Å². The lowest BCUT2D eigenvalue weighted by Crippen LogP contribution is -2.00. The molecule has 0 fully saturated rings. The normalized spacial score (nSPS) is 13.1. The number of pyridine rings is 1. The van der Waals surface area contributed by atoms with Gasteiger partial charge in [-0.05, 0) is 30.0 Å². The van der Waals surface area contributed by atoms with Crippen molar-refractivity contribution in [3.8, 4) is 0 Å². The highest BCUT2D eigenvalue weighted by Crippen LogP contribution is 2.26. The summed E-state index contributed by atoms with van der Waals surface area (Å²) in [6.07, 6.45) is 4.46. The molecule has 0 radical (unpaired) electrons. The number of aliphatic hydroxyl groups excluding tert-OH is 1. The SMILES string of the molecule is CC(C)CCCC(O)c1ccnc2ccccc12. The van der Waals surface area contributed by atoms with Crippen LogP contribution in [-0.4, -0.2) is 10.1 Å². The Balaban J connectivity index is 2.15. The van der Waals surface area contributed by atoms with Gasteiger partial charge >= 0.3 is 0 Å². The topological polar surface area (TPSA) is 33.1 Å². The van der Waals surface area contributed by atoms with Crippen LogP contribution in [0.25, 0.3) is 10.9 Å². The molecule has 0 aliphatic heterocycles. The summed E-state index contributed by atoms with van der Waals surface area (Å²) in [4.78, 5) is 4.32. The van der Waals surface area contributed by atoms with Crippen LogP contribution in [0.1, 0.15) is 44.8 Å². The number of fused-ring (bicyclic) bond motifs is 1. The molecule has 0 saturated heterocycles. The lowest BCUT2D eigenvalue weighted by atomic mass is 9.98. The Kier molecular flexibility index (Phi) is 4.32. The van der Waals surface area contributed by atoms with Crippen molar-refractivity contribution < 1.29 is 5.11 Å². The van der Waals surface area contributed by atoms with E-state index < -0.39 is 0 Å². The van der Waals surface area contributed by atoms with Crippen molar-refractivity contribution in [1.29, 1.82) is 0 Å². The minimum Gasteiger partial charge on any atom is -0.388 e. The molecule has 1 aromatic heterocycles. The maximum absolute atomic E-state index is 10.3. The first-order valence-corrected chi connectivity index (χ1v) is 6.70. The van der Waals surface area contributed by atoms with Crippen LogP contribution in [0.5, 0.6) is 0 Å². The molecule has 0 bridgehead atoms. The van der Waals surface area contributed by atoms with Crippen LogP contribution >= 0.6 is 0 Å². The lowest BCUT2D eigenvalue weighted by molar-refractivity contribution is 0.163. The zero-order chi connectivity index (χ0) is 13.0. The van der Waals surface area contributed by atoms with Crippen LogP contribution in [-0.2, 0) is 0 Å². The Morgan fingerprint density at radius 2 is 1.89 bits per heavy atom. The molecule has 1 unspecified atom stereocenters. The second-order valence-corrected chi connectivity index (χ2v) is 5.26. The second kappa shape index (κ2) is 5.96. The van der Waals surface area contributed by atoms with Gasteiger partial charge in [-0.15, -0.1) is 0 Å². The van der Waals surface area contributed by atoms with Crippen LogP contribution in [0.2, 0.25) is 0 Å². The zero-order valence-corrected chi connectivity index (χ0v) is 11.1. The molecule has 0 aliphatic rings. The highest BCUT2D eigenvalue weighted by atomic mass is 16.3. The van der Waals surface area contributed by atoms with E-state index in [1.165, 1.54) is 6.42 Å². The van der Waals surface area contributed by atoms with Crippen LogP contribution < -0.4 is 0 Å². The predicted octanol–water partition coefficient (Wildman–Crippen LogP) is 4.09. The average molecular weight is 243 g/mol. The second-order valence-electron chi connectivity index (χ2n) is 5.26. The Hall–Kier alpha value is -1.41. The molecule has 0 amide bonds. The lowest BCUT2D eigenvalue weighted by Gasteiger charge is -2.14. The van der Waals surface area contributed by atoms with Crippen LogP contribution in [0.4, 0.5) is 0 Å². The molecule has 0 aliphatic carbocycles. The third-order valence-electron chi connectivity index (χ3n) is 3.30. The molecule has 1 atom stereocenters. The maximum Gasteiger partial charge on any atom is 0.0797 e. The summed E-state index contributed by atoms with van der Waals surface area (Å²) in [5.41, 5.74) is 1.96. The minimum absolute atomic E-state index is 0.378. The van der Waals surface area contributed by atoms with E-state index >= 15 is 0 Å². The standard InChI is InChI=1S/C16H21NO/c1-12(2)6-5-9-16(18)14-10-11-17-15-8-4-3-7-13(14)15/h3-4,7-8,10-12,16,18H,5-6,9H2,1-2H3. The fourth-order valence-corrected chi connectivity index (χ4v) is 2.28. The first-order valence-electron chi connectivity index (χ1n) is 6.70. The van der Waals surface area contributed by atoms with Crippen molar-refractivity contribution in [3.63, 3.8) is 0 Å².